The van der Waals surface area contributed by atoms with Crippen molar-refractivity contribution < 1.29 is 14.6 Å². The summed E-state index contributed by atoms with van der Waals surface area (Å²) in [6.07, 6.45) is 3.60. The molecular formula is C9H20O3. The highest BCUT2D eigenvalue weighted by atomic mass is 16.5. The van der Waals surface area contributed by atoms with Crippen molar-refractivity contribution >= 4 is 0 Å². The minimum Gasteiger partial charge on any atom is -0.394 e. The second kappa shape index (κ2) is 10.9. The van der Waals surface area contributed by atoms with E-state index in [-0.39, 0.29) is 6.61 Å². The number of aliphatic hydroxyl groups is 1. The molecule has 0 heterocycles. The summed E-state index contributed by atoms with van der Waals surface area (Å²) < 4.78 is 10.3. The smallest absolute Gasteiger partial charge is 0.0701 e. The Labute approximate surface area is 74.7 Å². The lowest BCUT2D eigenvalue weighted by atomic mass is 10.3. The van der Waals surface area contributed by atoms with Gasteiger partial charge in [-0.25, -0.2) is 0 Å². The minimum absolute atomic E-state index is 0.0931. The highest BCUT2D eigenvalue weighted by Crippen LogP contribution is 1.93. The molecule has 0 fully saturated rings. The Bertz CT molecular complexity index is 66.2. The molecule has 0 aromatic rings. The highest BCUT2D eigenvalue weighted by Gasteiger charge is 1.89. The lowest BCUT2D eigenvalue weighted by Gasteiger charge is -2.03. The lowest BCUT2D eigenvalue weighted by molar-refractivity contribution is 0.0321. The number of rotatable bonds is 9. The molecule has 0 bridgehead atoms. The fourth-order valence-corrected chi connectivity index (χ4v) is 0.841. The molecule has 0 aliphatic heterocycles. The molecule has 0 atom stereocenters. The van der Waals surface area contributed by atoms with Gasteiger partial charge in [0.2, 0.25) is 0 Å². The summed E-state index contributed by atoms with van der Waals surface area (Å²) in [6.45, 7) is 4.74. The molecule has 0 saturated heterocycles. The molecule has 0 spiro atoms. The zero-order valence-corrected chi connectivity index (χ0v) is 7.92. The van der Waals surface area contributed by atoms with Gasteiger partial charge < -0.3 is 14.6 Å². The summed E-state index contributed by atoms with van der Waals surface area (Å²) in [5, 5.41) is 8.37. The number of unbranched alkanes of at least 4 members (excludes halogenated alkanes) is 2. The van der Waals surface area contributed by atoms with Crippen molar-refractivity contribution in [2.24, 2.45) is 0 Å². The van der Waals surface area contributed by atoms with Crippen LogP contribution in [0.3, 0.4) is 0 Å². The molecular weight excluding hydrogens is 156 g/mol. The molecule has 0 saturated carbocycles. The molecule has 12 heavy (non-hydrogen) atoms. The van der Waals surface area contributed by atoms with Crippen LogP contribution in [-0.2, 0) is 9.47 Å². The van der Waals surface area contributed by atoms with Gasteiger partial charge in [0.1, 0.15) is 0 Å². The topological polar surface area (TPSA) is 38.7 Å². The molecule has 0 aliphatic carbocycles. The van der Waals surface area contributed by atoms with Crippen molar-refractivity contribution in [3.05, 3.63) is 0 Å². The van der Waals surface area contributed by atoms with Crippen LogP contribution in [0.4, 0.5) is 0 Å². The molecule has 0 aromatic heterocycles. The Hall–Kier alpha value is -0.120. The average Bonchev–Trinajstić information content (AvgIpc) is 2.10. The molecule has 3 heteroatoms. The first-order chi connectivity index (χ1) is 5.91. The maximum atomic E-state index is 8.37. The predicted molar refractivity (Wildman–Crippen MR) is 48.2 cm³/mol. The van der Waals surface area contributed by atoms with Crippen LogP contribution in [0.2, 0.25) is 0 Å². The van der Waals surface area contributed by atoms with Crippen LogP contribution in [-0.4, -0.2) is 38.1 Å². The molecule has 74 valence electrons. The first-order valence-corrected chi connectivity index (χ1v) is 4.68. The first kappa shape index (κ1) is 11.9. The summed E-state index contributed by atoms with van der Waals surface area (Å²) in [5.74, 6) is 0. The predicted octanol–water partition coefficient (Wildman–Crippen LogP) is 1.20. The minimum atomic E-state index is 0.0931. The third-order valence-electron chi connectivity index (χ3n) is 1.50. The van der Waals surface area contributed by atoms with Gasteiger partial charge in [-0.1, -0.05) is 19.8 Å². The van der Waals surface area contributed by atoms with Crippen LogP contribution in [0.15, 0.2) is 0 Å². The number of aliphatic hydroxyl groups excluding tert-OH is 1. The fraction of sp³-hybridized carbons (Fsp3) is 1.00. The van der Waals surface area contributed by atoms with Crippen molar-refractivity contribution in [3.8, 4) is 0 Å². The van der Waals surface area contributed by atoms with Crippen LogP contribution in [0.25, 0.3) is 0 Å². The summed E-state index contributed by atoms with van der Waals surface area (Å²) >= 11 is 0. The van der Waals surface area contributed by atoms with Crippen molar-refractivity contribution in [3.63, 3.8) is 0 Å². The SMILES string of the molecule is CCCCCOCCOCCO. The van der Waals surface area contributed by atoms with Crippen LogP contribution in [0, 0.1) is 0 Å². The molecule has 3 nitrogen and oxygen atoms in total. The van der Waals surface area contributed by atoms with Crippen molar-refractivity contribution in [1.82, 2.24) is 0 Å². The summed E-state index contributed by atoms with van der Waals surface area (Å²) in [6, 6.07) is 0. The number of hydrogen-bond acceptors (Lipinski definition) is 3. The monoisotopic (exact) mass is 176 g/mol. The molecule has 0 rings (SSSR count). The third-order valence-corrected chi connectivity index (χ3v) is 1.50. The van der Waals surface area contributed by atoms with Crippen molar-refractivity contribution in [1.29, 1.82) is 0 Å². The van der Waals surface area contributed by atoms with Gasteiger partial charge in [-0.2, -0.15) is 0 Å². The van der Waals surface area contributed by atoms with Crippen molar-refractivity contribution in [2.45, 2.75) is 26.2 Å². The second-order valence-corrected chi connectivity index (χ2v) is 2.66. The summed E-state index contributed by atoms with van der Waals surface area (Å²) in [4.78, 5) is 0. The first-order valence-electron chi connectivity index (χ1n) is 4.68. The average molecular weight is 176 g/mol. The lowest BCUT2D eigenvalue weighted by Crippen LogP contribution is -2.07. The number of hydrogen-bond donors (Lipinski definition) is 1. The zero-order valence-electron chi connectivity index (χ0n) is 7.92. The van der Waals surface area contributed by atoms with E-state index in [9.17, 15) is 0 Å². The van der Waals surface area contributed by atoms with Gasteiger partial charge in [0.15, 0.2) is 0 Å². The standard InChI is InChI=1S/C9H20O3/c1-2-3-4-6-11-8-9-12-7-5-10/h10H,2-9H2,1H3. The number of ether oxygens (including phenoxy) is 2. The van der Waals surface area contributed by atoms with Gasteiger partial charge in [-0.3, -0.25) is 0 Å². The maximum absolute atomic E-state index is 8.37. The van der Waals surface area contributed by atoms with E-state index in [0.29, 0.717) is 19.8 Å². The summed E-state index contributed by atoms with van der Waals surface area (Å²) in [7, 11) is 0. The van der Waals surface area contributed by atoms with Gasteiger partial charge in [-0.15, -0.1) is 0 Å². The van der Waals surface area contributed by atoms with Gasteiger partial charge in [0.25, 0.3) is 0 Å². The molecule has 1 N–H and O–H groups in total. The Kier molecular flexibility index (Phi) is 10.8. The van der Waals surface area contributed by atoms with E-state index in [4.69, 9.17) is 14.6 Å². The van der Waals surface area contributed by atoms with Crippen LogP contribution in [0.1, 0.15) is 26.2 Å². The molecule has 0 radical (unpaired) electrons. The Balaban J connectivity index is 2.73. The van der Waals surface area contributed by atoms with Gasteiger partial charge in [-0.05, 0) is 6.42 Å². The van der Waals surface area contributed by atoms with Gasteiger partial charge in [0, 0.05) is 6.61 Å². The van der Waals surface area contributed by atoms with Crippen LogP contribution in [0.5, 0.6) is 0 Å². The largest absolute Gasteiger partial charge is 0.394 e. The second-order valence-electron chi connectivity index (χ2n) is 2.66. The van der Waals surface area contributed by atoms with Crippen molar-refractivity contribution in [2.75, 3.05) is 33.0 Å². The third kappa shape index (κ3) is 9.88. The van der Waals surface area contributed by atoms with Crippen LogP contribution < -0.4 is 0 Å². The Morgan fingerprint density at radius 2 is 1.58 bits per heavy atom. The van der Waals surface area contributed by atoms with E-state index in [0.717, 1.165) is 13.0 Å². The van der Waals surface area contributed by atoms with E-state index < -0.39 is 0 Å². The van der Waals surface area contributed by atoms with Crippen LogP contribution >= 0.6 is 0 Å². The molecule has 0 unspecified atom stereocenters. The maximum Gasteiger partial charge on any atom is 0.0701 e. The Morgan fingerprint density at radius 1 is 0.917 bits per heavy atom. The van der Waals surface area contributed by atoms with Gasteiger partial charge in [0.05, 0.1) is 26.4 Å². The molecule has 0 aromatic carbocycles. The van der Waals surface area contributed by atoms with E-state index in [1.807, 2.05) is 0 Å². The fourth-order valence-electron chi connectivity index (χ4n) is 0.841. The summed E-state index contributed by atoms with van der Waals surface area (Å²) in [5.41, 5.74) is 0. The zero-order chi connectivity index (χ0) is 9.07. The van der Waals surface area contributed by atoms with Gasteiger partial charge >= 0.3 is 0 Å². The normalized spacial score (nSPS) is 10.5. The van der Waals surface area contributed by atoms with E-state index in [1.165, 1.54) is 12.8 Å². The van der Waals surface area contributed by atoms with E-state index in [1.54, 1.807) is 0 Å². The highest BCUT2D eigenvalue weighted by molar-refractivity contribution is 4.36. The Morgan fingerprint density at radius 3 is 2.17 bits per heavy atom. The van der Waals surface area contributed by atoms with E-state index in [2.05, 4.69) is 6.92 Å². The quantitative estimate of drug-likeness (QED) is 0.536. The molecule has 0 amide bonds. The van der Waals surface area contributed by atoms with E-state index >= 15 is 0 Å². The molecule has 0 aliphatic rings.